The minimum atomic E-state index is -0.357. The molecule has 1 aliphatic rings. The minimum Gasteiger partial charge on any atom is -0.466 e. The molecule has 0 heterocycles. The minimum absolute atomic E-state index is 0.0661. The van der Waals surface area contributed by atoms with Crippen molar-refractivity contribution in [3.05, 3.63) is 11.6 Å². The van der Waals surface area contributed by atoms with E-state index in [2.05, 4.69) is 10.1 Å². The van der Waals surface area contributed by atoms with E-state index in [4.69, 9.17) is 0 Å². The smallest absolute Gasteiger partial charge is 0.333 e. The first-order valence-electron chi connectivity index (χ1n) is 5.59. The van der Waals surface area contributed by atoms with Gasteiger partial charge in [-0.1, -0.05) is 13.0 Å². The Morgan fingerprint density at radius 1 is 1.50 bits per heavy atom. The molecule has 0 aliphatic heterocycles. The van der Waals surface area contributed by atoms with Crippen LogP contribution < -0.4 is 5.32 Å². The SMILES string of the molecule is COC(=O)C(C)=CCNC(=O)C(C)C1CC1. The van der Waals surface area contributed by atoms with Crippen LogP contribution in [0.2, 0.25) is 0 Å². The van der Waals surface area contributed by atoms with E-state index < -0.39 is 0 Å². The lowest BCUT2D eigenvalue weighted by atomic mass is 10.1. The monoisotopic (exact) mass is 225 g/mol. The molecule has 90 valence electrons. The topological polar surface area (TPSA) is 55.4 Å². The van der Waals surface area contributed by atoms with E-state index in [0.717, 1.165) is 12.8 Å². The van der Waals surface area contributed by atoms with Crippen molar-refractivity contribution in [2.24, 2.45) is 11.8 Å². The lowest BCUT2D eigenvalue weighted by Gasteiger charge is -2.09. The number of carbonyl (C=O) groups is 2. The van der Waals surface area contributed by atoms with Gasteiger partial charge in [-0.05, 0) is 25.7 Å². The fraction of sp³-hybridized carbons (Fsp3) is 0.667. The molecule has 1 atom stereocenters. The van der Waals surface area contributed by atoms with Gasteiger partial charge >= 0.3 is 5.97 Å². The molecule has 1 unspecified atom stereocenters. The van der Waals surface area contributed by atoms with Gasteiger partial charge < -0.3 is 10.1 Å². The number of hydrogen-bond donors (Lipinski definition) is 1. The van der Waals surface area contributed by atoms with Gasteiger partial charge in [-0.2, -0.15) is 0 Å². The largest absolute Gasteiger partial charge is 0.466 e. The number of methoxy groups -OCH3 is 1. The summed E-state index contributed by atoms with van der Waals surface area (Å²) in [7, 11) is 1.34. The Hall–Kier alpha value is -1.32. The van der Waals surface area contributed by atoms with Crippen molar-refractivity contribution in [2.75, 3.05) is 13.7 Å². The van der Waals surface area contributed by atoms with Crippen LogP contribution in [0.3, 0.4) is 0 Å². The second-order valence-corrected chi connectivity index (χ2v) is 4.25. The standard InChI is InChI=1S/C12H19NO3/c1-8(12(15)16-3)6-7-13-11(14)9(2)10-4-5-10/h6,9-10H,4-5,7H2,1-3H3,(H,13,14). The molecular formula is C12H19NO3. The molecule has 4 nitrogen and oxygen atoms in total. The summed E-state index contributed by atoms with van der Waals surface area (Å²) in [4.78, 5) is 22.6. The van der Waals surface area contributed by atoms with Gasteiger partial charge in [-0.3, -0.25) is 4.79 Å². The van der Waals surface area contributed by atoms with Gasteiger partial charge in [-0.15, -0.1) is 0 Å². The molecule has 0 saturated heterocycles. The quantitative estimate of drug-likeness (QED) is 0.566. The first-order chi connectivity index (χ1) is 7.56. The third-order valence-corrected chi connectivity index (χ3v) is 2.93. The molecule has 1 fully saturated rings. The number of esters is 1. The van der Waals surface area contributed by atoms with Crippen LogP contribution in [0.25, 0.3) is 0 Å². The molecule has 1 N–H and O–H groups in total. The Balaban J connectivity index is 2.28. The van der Waals surface area contributed by atoms with Crippen LogP contribution >= 0.6 is 0 Å². The fourth-order valence-corrected chi connectivity index (χ4v) is 1.52. The van der Waals surface area contributed by atoms with E-state index in [1.807, 2.05) is 6.92 Å². The van der Waals surface area contributed by atoms with Gasteiger partial charge in [0.2, 0.25) is 5.91 Å². The van der Waals surface area contributed by atoms with E-state index in [1.165, 1.54) is 7.11 Å². The predicted molar refractivity (Wildman–Crippen MR) is 60.7 cm³/mol. The summed E-state index contributed by atoms with van der Waals surface area (Å²) < 4.78 is 4.55. The zero-order valence-corrected chi connectivity index (χ0v) is 10.1. The van der Waals surface area contributed by atoms with Crippen LogP contribution in [0.1, 0.15) is 26.7 Å². The number of amides is 1. The van der Waals surface area contributed by atoms with Crippen molar-refractivity contribution in [1.29, 1.82) is 0 Å². The van der Waals surface area contributed by atoms with E-state index in [0.29, 0.717) is 18.0 Å². The lowest BCUT2D eigenvalue weighted by Crippen LogP contribution is -2.30. The Morgan fingerprint density at radius 2 is 2.12 bits per heavy atom. The second kappa shape index (κ2) is 5.68. The number of rotatable bonds is 5. The highest BCUT2D eigenvalue weighted by Gasteiger charge is 2.32. The van der Waals surface area contributed by atoms with Crippen molar-refractivity contribution in [3.8, 4) is 0 Å². The molecule has 1 saturated carbocycles. The summed E-state index contributed by atoms with van der Waals surface area (Å²) in [6.07, 6.45) is 3.99. The Morgan fingerprint density at radius 3 is 2.62 bits per heavy atom. The van der Waals surface area contributed by atoms with E-state index in [1.54, 1.807) is 13.0 Å². The highest BCUT2D eigenvalue weighted by molar-refractivity contribution is 5.87. The first kappa shape index (κ1) is 12.7. The van der Waals surface area contributed by atoms with Crippen molar-refractivity contribution in [2.45, 2.75) is 26.7 Å². The van der Waals surface area contributed by atoms with Crippen LogP contribution in [0.4, 0.5) is 0 Å². The molecule has 0 spiro atoms. The molecular weight excluding hydrogens is 206 g/mol. The van der Waals surface area contributed by atoms with Gasteiger partial charge in [0.05, 0.1) is 7.11 Å². The third kappa shape index (κ3) is 3.68. The molecule has 0 aromatic heterocycles. The normalized spacial score (nSPS) is 17.8. The van der Waals surface area contributed by atoms with Crippen LogP contribution in [0, 0.1) is 11.8 Å². The van der Waals surface area contributed by atoms with E-state index in [-0.39, 0.29) is 17.8 Å². The Bertz CT molecular complexity index is 305. The Kier molecular flexibility index (Phi) is 4.52. The lowest BCUT2D eigenvalue weighted by molar-refractivity contribution is -0.136. The average molecular weight is 225 g/mol. The highest BCUT2D eigenvalue weighted by atomic mass is 16.5. The maximum Gasteiger partial charge on any atom is 0.333 e. The van der Waals surface area contributed by atoms with Crippen molar-refractivity contribution in [1.82, 2.24) is 5.32 Å². The molecule has 0 aromatic rings. The van der Waals surface area contributed by atoms with Crippen molar-refractivity contribution < 1.29 is 14.3 Å². The maximum atomic E-state index is 11.6. The Labute approximate surface area is 96.0 Å². The summed E-state index contributed by atoms with van der Waals surface area (Å²) in [5.74, 6) is 0.360. The van der Waals surface area contributed by atoms with Gasteiger partial charge in [0.25, 0.3) is 0 Å². The zero-order chi connectivity index (χ0) is 12.1. The summed E-state index contributed by atoms with van der Waals surface area (Å²) >= 11 is 0. The molecule has 1 aliphatic carbocycles. The van der Waals surface area contributed by atoms with Crippen LogP contribution in [0.5, 0.6) is 0 Å². The van der Waals surface area contributed by atoms with Gasteiger partial charge in [-0.25, -0.2) is 4.79 Å². The predicted octanol–water partition coefficient (Wildman–Crippen LogP) is 1.27. The maximum absolute atomic E-state index is 11.6. The van der Waals surface area contributed by atoms with Crippen LogP contribution in [0.15, 0.2) is 11.6 Å². The molecule has 4 heteroatoms. The molecule has 16 heavy (non-hydrogen) atoms. The number of hydrogen-bond acceptors (Lipinski definition) is 3. The van der Waals surface area contributed by atoms with E-state index >= 15 is 0 Å². The third-order valence-electron chi connectivity index (χ3n) is 2.93. The number of ether oxygens (including phenoxy) is 1. The fourth-order valence-electron chi connectivity index (χ4n) is 1.52. The first-order valence-corrected chi connectivity index (χ1v) is 5.59. The summed E-state index contributed by atoms with van der Waals surface area (Å²) in [6.45, 7) is 4.00. The van der Waals surface area contributed by atoms with Gasteiger partial charge in [0, 0.05) is 18.0 Å². The van der Waals surface area contributed by atoms with Crippen molar-refractivity contribution in [3.63, 3.8) is 0 Å². The summed E-state index contributed by atoms with van der Waals surface area (Å²) in [6, 6.07) is 0. The molecule has 0 radical (unpaired) electrons. The molecule has 1 amide bonds. The van der Waals surface area contributed by atoms with Crippen LogP contribution in [-0.4, -0.2) is 25.5 Å². The highest BCUT2D eigenvalue weighted by Crippen LogP contribution is 2.36. The zero-order valence-electron chi connectivity index (χ0n) is 10.1. The molecule has 0 bridgehead atoms. The average Bonchev–Trinajstić information content (AvgIpc) is 3.10. The van der Waals surface area contributed by atoms with Gasteiger partial charge in [0.1, 0.15) is 0 Å². The molecule has 0 aromatic carbocycles. The van der Waals surface area contributed by atoms with Crippen LogP contribution in [-0.2, 0) is 14.3 Å². The number of carbonyl (C=O) groups excluding carboxylic acids is 2. The number of nitrogens with one attached hydrogen (secondary N) is 1. The molecule has 1 rings (SSSR count). The van der Waals surface area contributed by atoms with Crippen molar-refractivity contribution >= 4 is 11.9 Å². The van der Waals surface area contributed by atoms with Gasteiger partial charge in [0.15, 0.2) is 0 Å². The summed E-state index contributed by atoms with van der Waals surface area (Å²) in [5, 5.41) is 2.79. The second-order valence-electron chi connectivity index (χ2n) is 4.25. The van der Waals surface area contributed by atoms with E-state index in [9.17, 15) is 9.59 Å². The summed E-state index contributed by atoms with van der Waals surface area (Å²) in [5.41, 5.74) is 0.516.